The van der Waals surface area contributed by atoms with Gasteiger partial charge in [-0.05, 0) is 6.42 Å². The fourth-order valence-corrected chi connectivity index (χ4v) is 0.937. The fraction of sp³-hybridized carbons (Fsp3) is 0.667. The summed E-state index contributed by atoms with van der Waals surface area (Å²) in [5.41, 5.74) is 0. The first kappa shape index (κ1) is 13.8. The van der Waals surface area contributed by atoms with Crippen molar-refractivity contribution in [1.82, 2.24) is 4.90 Å². The molecule has 15 heavy (non-hydrogen) atoms. The second kappa shape index (κ2) is 5.59. The summed E-state index contributed by atoms with van der Waals surface area (Å²) in [4.78, 5) is 11.5. The molecule has 6 heteroatoms. The van der Waals surface area contributed by atoms with Crippen LogP contribution in [0.15, 0.2) is 0 Å². The van der Waals surface area contributed by atoms with Crippen LogP contribution in [-0.4, -0.2) is 36.2 Å². The van der Waals surface area contributed by atoms with Crippen molar-refractivity contribution in [2.45, 2.75) is 25.7 Å². The lowest BCUT2D eigenvalue weighted by atomic mass is 10.2. The van der Waals surface area contributed by atoms with E-state index in [0.717, 1.165) is 0 Å². The summed E-state index contributed by atoms with van der Waals surface area (Å²) in [7, 11) is 0. The predicted octanol–water partition coefficient (Wildman–Crippen LogP) is 1.76. The Hall–Kier alpha value is -1.25. The SMILES string of the molecule is C#CCN(CCC)C(=O)C(F)(F)C(F)F. The van der Waals surface area contributed by atoms with Gasteiger partial charge in [-0.25, -0.2) is 8.78 Å². The standard InChI is InChI=1S/C9H11F4NO/c1-3-5-14(6-4-2)8(15)9(12,13)7(10)11/h1,7H,4-6H2,2H3. The number of terminal acetylenes is 1. The lowest BCUT2D eigenvalue weighted by molar-refractivity contribution is -0.180. The molecule has 1 amide bonds. The van der Waals surface area contributed by atoms with E-state index in [0.29, 0.717) is 11.3 Å². The lowest BCUT2D eigenvalue weighted by Gasteiger charge is -2.24. The van der Waals surface area contributed by atoms with Crippen LogP contribution in [0.5, 0.6) is 0 Å². The molecule has 0 saturated heterocycles. The highest BCUT2D eigenvalue weighted by Crippen LogP contribution is 2.25. The van der Waals surface area contributed by atoms with E-state index < -0.39 is 24.8 Å². The van der Waals surface area contributed by atoms with E-state index in [1.54, 1.807) is 6.92 Å². The lowest BCUT2D eigenvalue weighted by Crippen LogP contribution is -2.48. The van der Waals surface area contributed by atoms with Crippen LogP contribution in [0.4, 0.5) is 17.6 Å². The molecule has 0 unspecified atom stereocenters. The Bertz CT molecular complexity index is 259. The predicted molar refractivity (Wildman–Crippen MR) is 46.7 cm³/mol. The van der Waals surface area contributed by atoms with Crippen LogP contribution in [0, 0.1) is 12.3 Å². The van der Waals surface area contributed by atoms with Crippen LogP contribution >= 0.6 is 0 Å². The van der Waals surface area contributed by atoms with E-state index >= 15 is 0 Å². The minimum atomic E-state index is -4.66. The number of nitrogens with zero attached hydrogens (tertiary/aromatic N) is 1. The van der Waals surface area contributed by atoms with Crippen LogP contribution in [0.2, 0.25) is 0 Å². The van der Waals surface area contributed by atoms with Gasteiger partial charge in [-0.1, -0.05) is 12.8 Å². The first-order valence-corrected chi connectivity index (χ1v) is 4.26. The van der Waals surface area contributed by atoms with Gasteiger partial charge in [-0.3, -0.25) is 4.79 Å². The van der Waals surface area contributed by atoms with E-state index in [1.807, 2.05) is 5.92 Å². The van der Waals surface area contributed by atoms with E-state index in [9.17, 15) is 22.4 Å². The molecular formula is C9H11F4NO. The molecule has 0 heterocycles. The molecule has 86 valence electrons. The van der Waals surface area contributed by atoms with Gasteiger partial charge in [0.15, 0.2) is 0 Å². The number of halogens is 4. The Balaban J connectivity index is 4.70. The van der Waals surface area contributed by atoms with Crippen molar-refractivity contribution in [3.8, 4) is 12.3 Å². The number of amides is 1. The van der Waals surface area contributed by atoms with Crippen LogP contribution in [0.25, 0.3) is 0 Å². The minimum absolute atomic E-state index is 0.0641. The number of carbonyl (C=O) groups excluding carboxylic acids is 1. The second-order valence-corrected chi connectivity index (χ2v) is 2.85. The molecule has 0 aromatic carbocycles. The summed E-state index contributed by atoms with van der Waals surface area (Å²) < 4.78 is 49.0. The highest BCUT2D eigenvalue weighted by molar-refractivity contribution is 5.84. The molecule has 0 radical (unpaired) electrons. The smallest absolute Gasteiger partial charge is 0.326 e. The summed E-state index contributed by atoms with van der Waals surface area (Å²) in [6.07, 6.45) is 1.20. The molecular weight excluding hydrogens is 214 g/mol. The molecule has 0 N–H and O–H groups in total. The normalized spacial score (nSPS) is 11.3. The van der Waals surface area contributed by atoms with Gasteiger partial charge in [-0.2, -0.15) is 8.78 Å². The third-order valence-corrected chi connectivity index (χ3v) is 1.62. The Morgan fingerprint density at radius 2 is 2.07 bits per heavy atom. The van der Waals surface area contributed by atoms with Crippen LogP contribution in [0.3, 0.4) is 0 Å². The van der Waals surface area contributed by atoms with Gasteiger partial charge in [0, 0.05) is 6.54 Å². The number of hydrogen-bond donors (Lipinski definition) is 0. The molecule has 0 atom stereocenters. The Morgan fingerprint density at radius 1 is 1.53 bits per heavy atom. The van der Waals surface area contributed by atoms with Crippen molar-refractivity contribution in [3.05, 3.63) is 0 Å². The minimum Gasteiger partial charge on any atom is -0.326 e. The van der Waals surface area contributed by atoms with Gasteiger partial charge >= 0.3 is 12.3 Å². The zero-order valence-corrected chi connectivity index (χ0v) is 8.14. The number of carbonyl (C=O) groups is 1. The van der Waals surface area contributed by atoms with Gasteiger partial charge in [0.1, 0.15) is 0 Å². The second-order valence-electron chi connectivity index (χ2n) is 2.85. The number of alkyl halides is 4. The van der Waals surface area contributed by atoms with Crippen molar-refractivity contribution in [3.63, 3.8) is 0 Å². The molecule has 0 fully saturated rings. The van der Waals surface area contributed by atoms with Gasteiger partial charge in [0.05, 0.1) is 6.54 Å². The molecule has 0 aliphatic heterocycles. The highest BCUT2D eigenvalue weighted by Gasteiger charge is 2.50. The topological polar surface area (TPSA) is 20.3 Å². The molecule has 2 nitrogen and oxygen atoms in total. The monoisotopic (exact) mass is 225 g/mol. The quantitative estimate of drug-likeness (QED) is 0.515. The summed E-state index contributed by atoms with van der Waals surface area (Å²) in [6, 6.07) is 0. The molecule has 0 aliphatic carbocycles. The zero-order chi connectivity index (χ0) is 12.1. The Labute approximate surface area is 85.2 Å². The fourth-order valence-electron chi connectivity index (χ4n) is 0.937. The largest absolute Gasteiger partial charge is 0.383 e. The van der Waals surface area contributed by atoms with Crippen molar-refractivity contribution < 1.29 is 22.4 Å². The maximum absolute atomic E-state index is 12.6. The van der Waals surface area contributed by atoms with Gasteiger partial charge in [0.25, 0.3) is 5.91 Å². The molecule has 0 rings (SSSR count). The van der Waals surface area contributed by atoms with Gasteiger partial charge in [0.2, 0.25) is 0 Å². The third-order valence-electron chi connectivity index (χ3n) is 1.62. The van der Waals surface area contributed by atoms with E-state index in [1.165, 1.54) is 0 Å². The maximum Gasteiger partial charge on any atom is 0.383 e. The summed E-state index contributed by atoms with van der Waals surface area (Å²) in [6.45, 7) is 1.16. The first-order valence-electron chi connectivity index (χ1n) is 4.26. The summed E-state index contributed by atoms with van der Waals surface area (Å²) in [5, 5.41) is 0. The van der Waals surface area contributed by atoms with Crippen molar-refractivity contribution >= 4 is 5.91 Å². The summed E-state index contributed by atoms with van der Waals surface area (Å²) in [5.74, 6) is -4.61. The zero-order valence-electron chi connectivity index (χ0n) is 8.14. The van der Waals surface area contributed by atoms with Gasteiger partial charge < -0.3 is 4.90 Å². The van der Waals surface area contributed by atoms with E-state index in [4.69, 9.17) is 6.42 Å². The van der Waals surface area contributed by atoms with Crippen LogP contribution in [-0.2, 0) is 4.79 Å². The molecule has 0 bridgehead atoms. The maximum atomic E-state index is 12.6. The molecule has 0 aliphatic rings. The molecule has 0 aromatic heterocycles. The molecule has 0 saturated carbocycles. The average molecular weight is 225 g/mol. The average Bonchev–Trinajstić information content (AvgIpc) is 2.16. The van der Waals surface area contributed by atoms with Crippen LogP contribution < -0.4 is 0 Å². The third kappa shape index (κ3) is 3.42. The number of hydrogen-bond acceptors (Lipinski definition) is 1. The summed E-state index contributed by atoms with van der Waals surface area (Å²) >= 11 is 0. The van der Waals surface area contributed by atoms with Gasteiger partial charge in [-0.15, -0.1) is 6.42 Å². The van der Waals surface area contributed by atoms with Crippen molar-refractivity contribution in [2.75, 3.05) is 13.1 Å². The highest BCUT2D eigenvalue weighted by atomic mass is 19.3. The Morgan fingerprint density at radius 3 is 2.40 bits per heavy atom. The van der Waals surface area contributed by atoms with Crippen LogP contribution in [0.1, 0.15) is 13.3 Å². The van der Waals surface area contributed by atoms with Crippen molar-refractivity contribution in [2.24, 2.45) is 0 Å². The Kier molecular flexibility index (Phi) is 5.12. The molecule has 0 aromatic rings. The molecule has 0 spiro atoms. The number of rotatable bonds is 5. The van der Waals surface area contributed by atoms with E-state index in [-0.39, 0.29) is 6.54 Å². The van der Waals surface area contributed by atoms with E-state index in [2.05, 4.69) is 0 Å². The van der Waals surface area contributed by atoms with Crippen molar-refractivity contribution in [1.29, 1.82) is 0 Å². The first-order chi connectivity index (χ1) is 6.87.